The molecule has 0 heterocycles. The first-order chi connectivity index (χ1) is 15.7. The molecule has 0 bridgehead atoms. The molecule has 1 unspecified atom stereocenters. The minimum absolute atomic E-state index is 0.307. The molecule has 0 spiro atoms. The van der Waals surface area contributed by atoms with Crippen LogP contribution < -0.4 is 9.47 Å². The summed E-state index contributed by atoms with van der Waals surface area (Å²) in [6.45, 7) is 5.21. The van der Waals surface area contributed by atoms with Crippen molar-refractivity contribution >= 4 is 22.4 Å². The Morgan fingerprint density at radius 2 is 1.44 bits per heavy atom. The molecule has 186 valence electrons. The maximum Gasteiger partial charge on any atom is 0.124 e. The molecule has 0 amide bonds. The number of rotatable bonds is 21. The van der Waals surface area contributed by atoms with E-state index in [1.165, 1.54) is 25.7 Å². The monoisotopic (exact) mass is 492 g/mol. The summed E-state index contributed by atoms with van der Waals surface area (Å²) in [6.07, 6.45) is 7.14. The molecule has 0 aliphatic rings. The van der Waals surface area contributed by atoms with E-state index in [0.29, 0.717) is 68.5 Å². The lowest BCUT2D eigenvalue weighted by molar-refractivity contribution is 0.0179. The van der Waals surface area contributed by atoms with Gasteiger partial charge < -0.3 is 23.7 Å². The van der Waals surface area contributed by atoms with Crippen LogP contribution >= 0.6 is 11.6 Å². The Balaban J connectivity index is 2.49. The van der Waals surface area contributed by atoms with Crippen LogP contribution in [0.4, 0.5) is 0 Å². The summed E-state index contributed by atoms with van der Waals surface area (Å²) >= 11 is 6.11. The normalized spacial score (nSPS) is 12.1. The van der Waals surface area contributed by atoms with Gasteiger partial charge in [0.05, 0.1) is 51.8 Å². The Morgan fingerprint density at radius 1 is 0.812 bits per heavy atom. The Hall–Kier alpha value is -0.860. The molecule has 1 rings (SSSR count). The quantitative estimate of drug-likeness (QED) is 0.176. The zero-order valence-corrected chi connectivity index (χ0v) is 21.6. The second kappa shape index (κ2) is 19.6. The van der Waals surface area contributed by atoms with E-state index in [1.54, 1.807) is 14.2 Å². The van der Waals surface area contributed by atoms with Gasteiger partial charge in [0.15, 0.2) is 0 Å². The van der Waals surface area contributed by atoms with Crippen LogP contribution in [-0.4, -0.2) is 63.8 Å². The fourth-order valence-corrected chi connectivity index (χ4v) is 4.60. The topological polar surface area (TPSA) is 63.2 Å². The standard InChI is InChI=1S/C24H41ClO6S/c1-4-5-6-7-8-9-16-32(26)20-22-18-24(21(19-25)17-23(22)28-3)31-15-14-30-13-12-29-11-10-27-2/h17-18H,4-16,19-20H2,1-3H3. The number of ether oxygens (including phenoxy) is 5. The Morgan fingerprint density at radius 3 is 2.09 bits per heavy atom. The Kier molecular flexibility index (Phi) is 17.9. The van der Waals surface area contributed by atoms with Crippen molar-refractivity contribution in [1.82, 2.24) is 0 Å². The van der Waals surface area contributed by atoms with Gasteiger partial charge in [-0.05, 0) is 18.6 Å². The first-order valence-corrected chi connectivity index (χ1v) is 13.6. The van der Waals surface area contributed by atoms with Gasteiger partial charge in [-0.25, -0.2) is 0 Å². The van der Waals surface area contributed by atoms with E-state index < -0.39 is 10.8 Å². The predicted molar refractivity (Wildman–Crippen MR) is 132 cm³/mol. The summed E-state index contributed by atoms with van der Waals surface area (Å²) in [6, 6.07) is 3.79. The minimum atomic E-state index is -0.937. The van der Waals surface area contributed by atoms with Crippen LogP contribution in [0, 0.1) is 0 Å². The SMILES string of the molecule is CCCCCCCCS(=O)Cc1cc(OCCOCCOCCOC)c(CCl)cc1OC. The number of alkyl halides is 1. The van der Waals surface area contributed by atoms with E-state index in [1.807, 2.05) is 12.1 Å². The number of unbranched alkanes of at least 4 members (excludes halogenated alkanes) is 5. The summed E-state index contributed by atoms with van der Waals surface area (Å²) in [7, 11) is 2.33. The average Bonchev–Trinajstić information content (AvgIpc) is 2.80. The first kappa shape index (κ1) is 29.2. The zero-order valence-electron chi connectivity index (χ0n) is 20.0. The van der Waals surface area contributed by atoms with Crippen LogP contribution in [0.1, 0.15) is 56.6 Å². The molecular formula is C24H41ClO6S. The van der Waals surface area contributed by atoms with E-state index in [4.69, 9.17) is 35.3 Å². The fourth-order valence-electron chi connectivity index (χ4n) is 3.15. The molecule has 0 radical (unpaired) electrons. The second-order valence-corrected chi connectivity index (χ2v) is 9.37. The molecule has 0 saturated carbocycles. The van der Waals surface area contributed by atoms with Crippen LogP contribution in [0.2, 0.25) is 0 Å². The van der Waals surface area contributed by atoms with Gasteiger partial charge in [-0.15, -0.1) is 11.6 Å². The van der Waals surface area contributed by atoms with Gasteiger partial charge in [0.1, 0.15) is 18.1 Å². The molecule has 0 fully saturated rings. The van der Waals surface area contributed by atoms with Crippen molar-refractivity contribution in [3.63, 3.8) is 0 Å². The van der Waals surface area contributed by atoms with Crippen molar-refractivity contribution in [2.24, 2.45) is 0 Å². The number of methoxy groups -OCH3 is 2. The molecule has 1 aromatic rings. The van der Waals surface area contributed by atoms with Gasteiger partial charge >= 0.3 is 0 Å². The number of hydrogen-bond donors (Lipinski definition) is 0. The van der Waals surface area contributed by atoms with Crippen molar-refractivity contribution in [3.05, 3.63) is 23.3 Å². The largest absolute Gasteiger partial charge is 0.496 e. The van der Waals surface area contributed by atoms with Crippen molar-refractivity contribution < 1.29 is 27.9 Å². The molecule has 8 heteroatoms. The van der Waals surface area contributed by atoms with E-state index in [-0.39, 0.29) is 0 Å². The Bertz CT molecular complexity index is 629. The lowest BCUT2D eigenvalue weighted by atomic mass is 10.1. The average molecular weight is 493 g/mol. The molecule has 1 atom stereocenters. The second-order valence-electron chi connectivity index (χ2n) is 7.53. The number of benzene rings is 1. The molecule has 1 aromatic carbocycles. The van der Waals surface area contributed by atoms with Crippen LogP contribution in [-0.2, 0) is 36.6 Å². The molecular weight excluding hydrogens is 452 g/mol. The van der Waals surface area contributed by atoms with Gasteiger partial charge in [-0.2, -0.15) is 0 Å². The molecule has 0 aliphatic carbocycles. The highest BCUT2D eigenvalue weighted by Crippen LogP contribution is 2.31. The van der Waals surface area contributed by atoms with Crippen LogP contribution in [0.15, 0.2) is 12.1 Å². The van der Waals surface area contributed by atoms with E-state index >= 15 is 0 Å². The number of halogens is 1. The summed E-state index contributed by atoms with van der Waals surface area (Å²) < 4.78 is 39.8. The van der Waals surface area contributed by atoms with Crippen molar-refractivity contribution in [2.75, 3.05) is 59.6 Å². The zero-order chi connectivity index (χ0) is 23.4. The summed E-state index contributed by atoms with van der Waals surface area (Å²) in [5.74, 6) is 2.86. The van der Waals surface area contributed by atoms with Gasteiger partial charge in [0.25, 0.3) is 0 Å². The minimum Gasteiger partial charge on any atom is -0.496 e. The number of hydrogen-bond acceptors (Lipinski definition) is 6. The fraction of sp³-hybridized carbons (Fsp3) is 0.750. The smallest absolute Gasteiger partial charge is 0.124 e. The van der Waals surface area contributed by atoms with Crippen molar-refractivity contribution in [1.29, 1.82) is 0 Å². The van der Waals surface area contributed by atoms with Gasteiger partial charge in [0.2, 0.25) is 0 Å². The Labute approximate surface area is 201 Å². The van der Waals surface area contributed by atoms with Gasteiger partial charge in [0, 0.05) is 34.8 Å². The lowest BCUT2D eigenvalue weighted by Gasteiger charge is -2.15. The van der Waals surface area contributed by atoms with Crippen molar-refractivity contribution in [2.45, 2.75) is 57.1 Å². The van der Waals surface area contributed by atoms with E-state index in [9.17, 15) is 4.21 Å². The molecule has 0 aliphatic heterocycles. The highest BCUT2D eigenvalue weighted by atomic mass is 35.5. The molecule has 6 nitrogen and oxygen atoms in total. The van der Waals surface area contributed by atoms with E-state index in [2.05, 4.69) is 6.92 Å². The third-order valence-corrected chi connectivity index (χ3v) is 6.60. The molecule has 0 N–H and O–H groups in total. The van der Waals surface area contributed by atoms with E-state index in [0.717, 1.165) is 24.0 Å². The van der Waals surface area contributed by atoms with Crippen LogP contribution in [0.25, 0.3) is 0 Å². The predicted octanol–water partition coefficient (Wildman–Crippen LogP) is 5.10. The highest BCUT2D eigenvalue weighted by Gasteiger charge is 2.14. The summed E-state index contributed by atoms with van der Waals surface area (Å²) in [4.78, 5) is 0. The summed E-state index contributed by atoms with van der Waals surface area (Å²) in [5, 5.41) is 0. The van der Waals surface area contributed by atoms with Crippen LogP contribution in [0.5, 0.6) is 11.5 Å². The third kappa shape index (κ3) is 13.0. The summed E-state index contributed by atoms with van der Waals surface area (Å²) in [5.41, 5.74) is 1.73. The van der Waals surface area contributed by atoms with Crippen molar-refractivity contribution in [3.8, 4) is 11.5 Å². The third-order valence-electron chi connectivity index (χ3n) is 4.94. The molecule has 0 saturated heterocycles. The molecule has 32 heavy (non-hydrogen) atoms. The first-order valence-electron chi connectivity index (χ1n) is 11.5. The maximum atomic E-state index is 12.6. The van der Waals surface area contributed by atoms with Gasteiger partial charge in [-0.1, -0.05) is 39.0 Å². The highest BCUT2D eigenvalue weighted by molar-refractivity contribution is 7.84. The molecule has 0 aromatic heterocycles. The maximum absolute atomic E-state index is 12.6. The van der Waals surface area contributed by atoms with Crippen LogP contribution in [0.3, 0.4) is 0 Å². The van der Waals surface area contributed by atoms with Gasteiger partial charge in [-0.3, -0.25) is 4.21 Å². The lowest BCUT2D eigenvalue weighted by Crippen LogP contribution is -2.13.